The second kappa shape index (κ2) is 5.03. The Kier molecular flexibility index (Phi) is 3.38. The summed E-state index contributed by atoms with van der Waals surface area (Å²) in [5, 5.41) is 3.81. The van der Waals surface area contributed by atoms with Crippen molar-refractivity contribution >= 4 is 11.8 Å². The zero-order chi connectivity index (χ0) is 13.3. The van der Waals surface area contributed by atoms with Gasteiger partial charge in [0.15, 0.2) is 0 Å². The summed E-state index contributed by atoms with van der Waals surface area (Å²) in [6.07, 6.45) is 0. The van der Waals surface area contributed by atoms with Crippen LogP contribution in [-0.2, 0) is 0 Å². The molecule has 98 valence electrons. The summed E-state index contributed by atoms with van der Waals surface area (Å²) in [5.74, 6) is 1.09. The highest BCUT2D eigenvalue weighted by Crippen LogP contribution is 2.37. The average molecular weight is 269 g/mol. The Hall–Kier alpha value is -1.25. The molecule has 0 fully saturated rings. The van der Waals surface area contributed by atoms with Gasteiger partial charge in [-0.2, -0.15) is 0 Å². The minimum Gasteiger partial charge on any atom is -0.300 e. The van der Waals surface area contributed by atoms with Gasteiger partial charge in [0.2, 0.25) is 0 Å². The van der Waals surface area contributed by atoms with Gasteiger partial charge < -0.3 is 5.32 Å². The molecule has 0 bridgehead atoms. The van der Waals surface area contributed by atoms with Gasteiger partial charge in [-0.25, -0.2) is 0 Å². The molecule has 0 aromatic heterocycles. The van der Waals surface area contributed by atoms with Crippen molar-refractivity contribution in [3.05, 3.63) is 65.7 Å². The van der Waals surface area contributed by atoms with E-state index >= 15 is 0 Å². The van der Waals surface area contributed by atoms with E-state index in [1.807, 2.05) is 11.8 Å². The number of thioether (sulfide) groups is 1. The van der Waals surface area contributed by atoms with E-state index in [4.69, 9.17) is 0 Å². The Morgan fingerprint density at radius 2 is 1.68 bits per heavy atom. The van der Waals surface area contributed by atoms with E-state index in [9.17, 15) is 0 Å². The fourth-order valence-electron chi connectivity index (χ4n) is 2.53. The van der Waals surface area contributed by atoms with Crippen LogP contribution in [0, 0.1) is 0 Å². The van der Waals surface area contributed by atoms with Crippen molar-refractivity contribution < 1.29 is 0 Å². The summed E-state index contributed by atoms with van der Waals surface area (Å²) in [6, 6.07) is 19.7. The molecule has 1 nitrogen and oxygen atoms in total. The molecule has 1 aliphatic heterocycles. The van der Waals surface area contributed by atoms with E-state index in [2.05, 4.69) is 73.8 Å². The minimum atomic E-state index is 0.129. The van der Waals surface area contributed by atoms with Gasteiger partial charge in [0, 0.05) is 16.2 Å². The molecule has 1 atom stereocenters. The van der Waals surface area contributed by atoms with Crippen LogP contribution >= 0.6 is 11.8 Å². The maximum atomic E-state index is 3.81. The molecule has 2 aromatic rings. The molecule has 2 heteroatoms. The summed E-state index contributed by atoms with van der Waals surface area (Å²) in [6.45, 7) is 4.56. The molecule has 2 aromatic carbocycles. The largest absolute Gasteiger partial charge is 0.300 e. The molecule has 1 heterocycles. The second-order valence-corrected chi connectivity index (χ2v) is 6.72. The predicted octanol–water partition coefficient (Wildman–Crippen LogP) is 4.25. The summed E-state index contributed by atoms with van der Waals surface area (Å²) in [5.41, 5.74) is 2.86. The van der Waals surface area contributed by atoms with Crippen molar-refractivity contribution in [2.45, 2.75) is 30.3 Å². The van der Waals surface area contributed by atoms with Crippen LogP contribution in [0.2, 0.25) is 0 Å². The molecule has 1 N–H and O–H groups in total. The van der Waals surface area contributed by atoms with Crippen LogP contribution in [0.25, 0.3) is 0 Å². The number of hydrogen-bond acceptors (Lipinski definition) is 2. The van der Waals surface area contributed by atoms with Gasteiger partial charge in [-0.1, -0.05) is 48.5 Å². The van der Waals surface area contributed by atoms with Crippen molar-refractivity contribution in [1.29, 1.82) is 0 Å². The molecular formula is C17H19NS. The van der Waals surface area contributed by atoms with Gasteiger partial charge in [-0.3, -0.25) is 0 Å². The van der Waals surface area contributed by atoms with Crippen molar-refractivity contribution in [2.24, 2.45) is 0 Å². The molecule has 0 saturated carbocycles. The van der Waals surface area contributed by atoms with Gasteiger partial charge >= 0.3 is 0 Å². The van der Waals surface area contributed by atoms with Crippen LogP contribution in [0.1, 0.15) is 31.0 Å². The van der Waals surface area contributed by atoms with Gasteiger partial charge in [0.25, 0.3) is 0 Å². The van der Waals surface area contributed by atoms with Crippen molar-refractivity contribution in [2.75, 3.05) is 5.75 Å². The number of nitrogens with one attached hydrogen (secondary N) is 1. The third-order valence-corrected chi connectivity index (χ3v) is 5.04. The average Bonchev–Trinajstić information content (AvgIpc) is 2.57. The van der Waals surface area contributed by atoms with Crippen molar-refractivity contribution in [3.8, 4) is 0 Å². The van der Waals surface area contributed by atoms with E-state index in [1.54, 1.807) is 0 Å². The Morgan fingerprint density at radius 1 is 1.00 bits per heavy atom. The molecular weight excluding hydrogens is 250 g/mol. The second-order valence-electron chi connectivity index (χ2n) is 5.70. The van der Waals surface area contributed by atoms with Crippen molar-refractivity contribution in [3.63, 3.8) is 0 Å². The molecule has 0 amide bonds. The Labute approximate surface area is 119 Å². The van der Waals surface area contributed by atoms with Crippen LogP contribution in [0.4, 0.5) is 0 Å². The third kappa shape index (κ3) is 2.70. The molecule has 0 saturated heterocycles. The Morgan fingerprint density at radius 3 is 2.47 bits per heavy atom. The highest BCUT2D eigenvalue weighted by Gasteiger charge is 2.29. The Balaban J connectivity index is 2.09. The quantitative estimate of drug-likeness (QED) is 0.830. The lowest BCUT2D eigenvalue weighted by Crippen LogP contribution is -2.43. The molecule has 3 rings (SSSR count). The van der Waals surface area contributed by atoms with E-state index in [-0.39, 0.29) is 11.6 Å². The zero-order valence-corrected chi connectivity index (χ0v) is 12.2. The van der Waals surface area contributed by atoms with Crippen LogP contribution in [0.5, 0.6) is 0 Å². The topological polar surface area (TPSA) is 12.0 Å². The fourth-order valence-corrected chi connectivity index (χ4v) is 3.65. The molecule has 1 aliphatic rings. The highest BCUT2D eigenvalue weighted by atomic mass is 32.2. The van der Waals surface area contributed by atoms with E-state index in [0.29, 0.717) is 0 Å². The fraction of sp³-hybridized carbons (Fsp3) is 0.294. The normalized spacial score (nSPS) is 21.5. The van der Waals surface area contributed by atoms with Crippen LogP contribution in [-0.4, -0.2) is 11.3 Å². The summed E-state index contributed by atoms with van der Waals surface area (Å²) in [4.78, 5) is 1.40. The summed E-state index contributed by atoms with van der Waals surface area (Å²) in [7, 11) is 0. The Bertz CT molecular complexity index is 562. The third-order valence-electron chi connectivity index (χ3n) is 3.49. The molecule has 19 heavy (non-hydrogen) atoms. The SMILES string of the molecule is CC1(C)CSc2ccccc2C(c2ccccc2)N1. The lowest BCUT2D eigenvalue weighted by molar-refractivity contribution is 0.400. The smallest absolute Gasteiger partial charge is 0.0592 e. The van der Waals surface area contributed by atoms with Gasteiger partial charge in [-0.15, -0.1) is 11.8 Å². The maximum Gasteiger partial charge on any atom is 0.0592 e. The number of fused-ring (bicyclic) bond motifs is 1. The first-order valence-electron chi connectivity index (χ1n) is 6.70. The number of rotatable bonds is 1. The first kappa shape index (κ1) is 12.8. The van der Waals surface area contributed by atoms with Crippen molar-refractivity contribution in [1.82, 2.24) is 5.32 Å². The lowest BCUT2D eigenvalue weighted by atomic mass is 9.95. The summed E-state index contributed by atoms with van der Waals surface area (Å²) >= 11 is 1.95. The summed E-state index contributed by atoms with van der Waals surface area (Å²) < 4.78 is 0. The monoisotopic (exact) mass is 269 g/mol. The number of benzene rings is 2. The molecule has 0 spiro atoms. The predicted molar refractivity (Wildman–Crippen MR) is 82.7 cm³/mol. The van der Waals surface area contributed by atoms with Crippen LogP contribution in [0.3, 0.4) is 0 Å². The molecule has 0 aliphatic carbocycles. The molecule has 1 unspecified atom stereocenters. The van der Waals surface area contributed by atoms with Gasteiger partial charge in [0.05, 0.1) is 6.04 Å². The van der Waals surface area contributed by atoms with Crippen LogP contribution in [0.15, 0.2) is 59.5 Å². The minimum absolute atomic E-state index is 0.129. The first-order chi connectivity index (χ1) is 9.16. The molecule has 0 radical (unpaired) electrons. The van der Waals surface area contributed by atoms with E-state index in [0.717, 1.165) is 5.75 Å². The zero-order valence-electron chi connectivity index (χ0n) is 11.4. The van der Waals surface area contributed by atoms with E-state index in [1.165, 1.54) is 16.0 Å². The van der Waals surface area contributed by atoms with Crippen LogP contribution < -0.4 is 5.32 Å². The van der Waals surface area contributed by atoms with E-state index < -0.39 is 0 Å². The maximum absolute atomic E-state index is 3.81. The van der Waals surface area contributed by atoms with Gasteiger partial charge in [-0.05, 0) is 31.0 Å². The first-order valence-corrected chi connectivity index (χ1v) is 7.69. The van der Waals surface area contributed by atoms with Gasteiger partial charge in [0.1, 0.15) is 0 Å². The highest BCUT2D eigenvalue weighted by molar-refractivity contribution is 7.99. The standard InChI is InChI=1S/C17H19NS/c1-17(2)12-19-15-11-7-6-10-14(15)16(18-17)13-8-4-3-5-9-13/h3-11,16,18H,12H2,1-2H3. The lowest BCUT2D eigenvalue weighted by Gasteiger charge is -2.29. The number of hydrogen-bond donors (Lipinski definition) is 1.